The molecule has 0 saturated carbocycles. The lowest BCUT2D eigenvalue weighted by atomic mass is 10.1. The van der Waals surface area contributed by atoms with Crippen molar-refractivity contribution in [2.24, 2.45) is 0 Å². The second-order valence-electron chi connectivity index (χ2n) is 5.29. The van der Waals surface area contributed by atoms with Crippen LogP contribution in [0.4, 0.5) is 0 Å². The summed E-state index contributed by atoms with van der Waals surface area (Å²) in [6.45, 7) is 5.58. The van der Waals surface area contributed by atoms with Crippen LogP contribution in [-0.2, 0) is 0 Å². The second-order valence-corrected chi connectivity index (χ2v) is 5.68. The minimum Gasteiger partial charge on any atom is -0.340 e. The lowest BCUT2D eigenvalue weighted by Crippen LogP contribution is -2.33. The molecule has 106 valence electrons. The SMILES string of the molecule is CC(C)c1cc(C(=O)N(C)CCN(C)C)cc(Cl)n1. The van der Waals surface area contributed by atoms with Gasteiger partial charge in [-0.05, 0) is 32.1 Å². The topological polar surface area (TPSA) is 36.4 Å². The Balaban J connectivity index is 2.87. The summed E-state index contributed by atoms with van der Waals surface area (Å²) in [7, 11) is 5.77. The Morgan fingerprint density at radius 1 is 1.26 bits per heavy atom. The quantitative estimate of drug-likeness (QED) is 0.779. The molecule has 0 fully saturated rings. The zero-order valence-corrected chi connectivity index (χ0v) is 13.0. The summed E-state index contributed by atoms with van der Waals surface area (Å²) in [5.74, 6) is 0.227. The standard InChI is InChI=1S/C14H22ClN3O/c1-10(2)12-8-11(9-13(15)16-12)14(19)18(5)7-6-17(3)4/h8-10H,6-7H2,1-5H3. The van der Waals surface area contributed by atoms with E-state index in [-0.39, 0.29) is 11.8 Å². The lowest BCUT2D eigenvalue weighted by Gasteiger charge is -2.20. The first-order chi connectivity index (χ1) is 8.81. The zero-order chi connectivity index (χ0) is 14.6. The monoisotopic (exact) mass is 283 g/mol. The van der Waals surface area contributed by atoms with Crippen molar-refractivity contribution in [1.29, 1.82) is 0 Å². The highest BCUT2D eigenvalue weighted by molar-refractivity contribution is 6.29. The van der Waals surface area contributed by atoms with Gasteiger partial charge in [-0.25, -0.2) is 4.98 Å². The average Bonchev–Trinajstić information content (AvgIpc) is 2.34. The number of halogens is 1. The fraction of sp³-hybridized carbons (Fsp3) is 0.571. The zero-order valence-electron chi connectivity index (χ0n) is 12.3. The van der Waals surface area contributed by atoms with Crippen molar-refractivity contribution >= 4 is 17.5 Å². The van der Waals surface area contributed by atoms with Crippen LogP contribution >= 0.6 is 11.6 Å². The highest BCUT2D eigenvalue weighted by Gasteiger charge is 2.15. The van der Waals surface area contributed by atoms with E-state index in [1.54, 1.807) is 18.0 Å². The maximum atomic E-state index is 12.3. The Kier molecular flexibility index (Phi) is 5.76. The van der Waals surface area contributed by atoms with Crippen LogP contribution in [0.5, 0.6) is 0 Å². The number of carbonyl (C=O) groups excluding carboxylic acids is 1. The van der Waals surface area contributed by atoms with Crippen molar-refractivity contribution in [3.63, 3.8) is 0 Å². The van der Waals surface area contributed by atoms with Crippen LogP contribution in [0.1, 0.15) is 35.8 Å². The summed E-state index contributed by atoms with van der Waals surface area (Å²) in [4.78, 5) is 20.3. The van der Waals surface area contributed by atoms with Gasteiger partial charge in [0.2, 0.25) is 0 Å². The minimum absolute atomic E-state index is 0.0203. The molecule has 0 N–H and O–H groups in total. The Hall–Kier alpha value is -1.13. The Bertz CT molecular complexity index is 446. The van der Waals surface area contributed by atoms with Gasteiger partial charge in [-0.3, -0.25) is 4.79 Å². The maximum absolute atomic E-state index is 12.3. The second kappa shape index (κ2) is 6.87. The summed E-state index contributed by atoms with van der Waals surface area (Å²) in [5.41, 5.74) is 1.45. The van der Waals surface area contributed by atoms with Crippen molar-refractivity contribution in [2.45, 2.75) is 19.8 Å². The lowest BCUT2D eigenvalue weighted by molar-refractivity contribution is 0.0786. The molecule has 0 aliphatic heterocycles. The number of hydrogen-bond donors (Lipinski definition) is 0. The minimum atomic E-state index is -0.0203. The third-order valence-electron chi connectivity index (χ3n) is 2.88. The van der Waals surface area contributed by atoms with Gasteiger partial charge in [-0.15, -0.1) is 0 Å². The van der Waals surface area contributed by atoms with Crippen LogP contribution in [0.15, 0.2) is 12.1 Å². The van der Waals surface area contributed by atoms with E-state index in [4.69, 9.17) is 11.6 Å². The molecule has 1 aromatic heterocycles. The molecule has 5 heteroatoms. The van der Waals surface area contributed by atoms with Gasteiger partial charge in [-0.2, -0.15) is 0 Å². The molecule has 0 bridgehead atoms. The van der Waals surface area contributed by atoms with Gasteiger partial charge in [0.15, 0.2) is 0 Å². The maximum Gasteiger partial charge on any atom is 0.253 e. The number of aromatic nitrogens is 1. The van der Waals surface area contributed by atoms with Crippen LogP contribution < -0.4 is 0 Å². The van der Waals surface area contributed by atoms with Crippen molar-refractivity contribution in [3.8, 4) is 0 Å². The number of pyridine rings is 1. The molecule has 0 unspecified atom stereocenters. The number of amides is 1. The number of hydrogen-bond acceptors (Lipinski definition) is 3. The molecule has 1 amide bonds. The first-order valence-corrected chi connectivity index (χ1v) is 6.76. The summed E-state index contributed by atoms with van der Waals surface area (Å²) in [5, 5.41) is 0.371. The van der Waals surface area contributed by atoms with Gasteiger partial charge in [0.1, 0.15) is 5.15 Å². The molecule has 0 saturated heterocycles. The predicted molar refractivity (Wildman–Crippen MR) is 78.9 cm³/mol. The molecule has 0 atom stereocenters. The highest BCUT2D eigenvalue weighted by atomic mass is 35.5. The largest absolute Gasteiger partial charge is 0.340 e. The summed E-state index contributed by atoms with van der Waals surface area (Å²) >= 11 is 5.98. The summed E-state index contributed by atoms with van der Waals surface area (Å²) < 4.78 is 0. The molecule has 0 radical (unpaired) electrons. The molecular weight excluding hydrogens is 262 g/mol. The Morgan fingerprint density at radius 2 is 1.89 bits per heavy atom. The first-order valence-electron chi connectivity index (χ1n) is 6.39. The smallest absolute Gasteiger partial charge is 0.253 e. The third-order valence-corrected chi connectivity index (χ3v) is 3.08. The van der Waals surface area contributed by atoms with Crippen molar-refractivity contribution in [3.05, 3.63) is 28.5 Å². The Morgan fingerprint density at radius 3 is 2.42 bits per heavy atom. The molecular formula is C14H22ClN3O. The molecule has 0 spiro atoms. The van der Waals surface area contributed by atoms with Crippen LogP contribution in [0.3, 0.4) is 0 Å². The molecule has 0 aliphatic carbocycles. The van der Waals surface area contributed by atoms with Crippen LogP contribution in [0, 0.1) is 0 Å². The van der Waals surface area contributed by atoms with Gasteiger partial charge >= 0.3 is 0 Å². The van der Waals surface area contributed by atoms with E-state index in [1.807, 2.05) is 38.9 Å². The molecule has 4 nitrogen and oxygen atoms in total. The van der Waals surface area contributed by atoms with E-state index in [0.717, 1.165) is 12.2 Å². The molecule has 0 aromatic carbocycles. The van der Waals surface area contributed by atoms with Crippen molar-refractivity contribution < 1.29 is 4.79 Å². The van der Waals surface area contributed by atoms with Crippen molar-refractivity contribution in [1.82, 2.24) is 14.8 Å². The fourth-order valence-electron chi connectivity index (χ4n) is 1.61. The van der Waals surface area contributed by atoms with E-state index < -0.39 is 0 Å². The number of nitrogens with zero attached hydrogens (tertiary/aromatic N) is 3. The number of carbonyl (C=O) groups is 1. The molecule has 1 aromatic rings. The number of likely N-dealkylation sites (N-methyl/N-ethyl adjacent to an activating group) is 2. The van der Waals surface area contributed by atoms with Gasteiger partial charge in [0, 0.05) is 31.4 Å². The Labute approximate surface area is 120 Å². The van der Waals surface area contributed by atoms with Gasteiger partial charge in [0.05, 0.1) is 0 Å². The van der Waals surface area contributed by atoms with E-state index in [2.05, 4.69) is 4.98 Å². The van der Waals surface area contributed by atoms with E-state index in [1.165, 1.54) is 0 Å². The van der Waals surface area contributed by atoms with E-state index in [9.17, 15) is 4.79 Å². The molecule has 19 heavy (non-hydrogen) atoms. The van der Waals surface area contributed by atoms with E-state index >= 15 is 0 Å². The molecule has 0 aliphatic rings. The van der Waals surface area contributed by atoms with Crippen LogP contribution in [0.25, 0.3) is 0 Å². The van der Waals surface area contributed by atoms with Gasteiger partial charge < -0.3 is 9.80 Å². The number of rotatable bonds is 5. The summed E-state index contributed by atoms with van der Waals surface area (Å²) in [6.07, 6.45) is 0. The van der Waals surface area contributed by atoms with Gasteiger partial charge in [0.25, 0.3) is 5.91 Å². The predicted octanol–water partition coefficient (Wildman–Crippen LogP) is 2.49. The highest BCUT2D eigenvalue weighted by Crippen LogP contribution is 2.18. The third kappa shape index (κ3) is 4.80. The van der Waals surface area contributed by atoms with Crippen LogP contribution in [0.2, 0.25) is 5.15 Å². The van der Waals surface area contributed by atoms with Crippen LogP contribution in [-0.4, -0.2) is 54.9 Å². The first kappa shape index (κ1) is 15.9. The normalized spacial score (nSPS) is 11.2. The fourth-order valence-corrected chi connectivity index (χ4v) is 1.82. The molecule has 1 heterocycles. The molecule has 1 rings (SSSR count). The van der Waals surface area contributed by atoms with Crippen molar-refractivity contribution in [2.75, 3.05) is 34.2 Å². The average molecular weight is 284 g/mol. The van der Waals surface area contributed by atoms with Gasteiger partial charge in [-0.1, -0.05) is 25.4 Å². The summed E-state index contributed by atoms with van der Waals surface area (Å²) in [6, 6.07) is 3.45. The van der Waals surface area contributed by atoms with E-state index in [0.29, 0.717) is 17.3 Å².